The van der Waals surface area contributed by atoms with Gasteiger partial charge in [-0.05, 0) is 98.3 Å². The minimum atomic E-state index is -2.11. The lowest BCUT2D eigenvalue weighted by Gasteiger charge is -2.41. The summed E-state index contributed by atoms with van der Waals surface area (Å²) in [5.74, 6) is 0. The second-order valence-corrected chi connectivity index (χ2v) is 11.4. The summed E-state index contributed by atoms with van der Waals surface area (Å²) in [5.41, 5.74) is 0.360. The van der Waals surface area contributed by atoms with Crippen molar-refractivity contribution >= 4 is 8.56 Å². The van der Waals surface area contributed by atoms with Crippen LogP contribution in [-0.4, -0.2) is 72.9 Å². The molecule has 0 spiro atoms. The van der Waals surface area contributed by atoms with E-state index < -0.39 is 8.56 Å². The van der Waals surface area contributed by atoms with Gasteiger partial charge in [0.25, 0.3) is 0 Å². The van der Waals surface area contributed by atoms with Crippen LogP contribution < -0.4 is 0 Å². The van der Waals surface area contributed by atoms with E-state index in [9.17, 15) is 0 Å². The van der Waals surface area contributed by atoms with Crippen molar-refractivity contribution in [2.24, 2.45) is 5.41 Å². The van der Waals surface area contributed by atoms with Crippen molar-refractivity contribution in [2.75, 3.05) is 54.5 Å². The van der Waals surface area contributed by atoms with Crippen molar-refractivity contribution in [1.29, 1.82) is 0 Å². The lowest BCUT2D eigenvalue weighted by molar-refractivity contribution is 0.145. The van der Waals surface area contributed by atoms with Crippen LogP contribution in [0.3, 0.4) is 0 Å². The molecule has 0 saturated heterocycles. The van der Waals surface area contributed by atoms with Gasteiger partial charge in [-0.1, -0.05) is 20.3 Å². The van der Waals surface area contributed by atoms with E-state index in [1.165, 1.54) is 45.2 Å². The molecule has 0 aliphatic rings. The summed E-state index contributed by atoms with van der Waals surface area (Å²) >= 11 is 0. The Morgan fingerprint density at radius 2 is 1.20 bits per heavy atom. The molecule has 0 heterocycles. The fraction of sp³-hybridized carbons (Fsp3) is 1.00. The summed E-state index contributed by atoms with van der Waals surface area (Å²) in [6.45, 7) is 12.7. The predicted octanol–water partition coefficient (Wildman–Crippen LogP) is 4.60. The smallest absolute Gasteiger partial charge is 0.338 e. The third kappa shape index (κ3) is 10.1. The summed E-state index contributed by atoms with van der Waals surface area (Å²) in [5, 5.41) is 0. The van der Waals surface area contributed by atoms with Gasteiger partial charge in [0, 0.05) is 13.2 Å². The molecule has 4 nitrogen and oxygen atoms in total. The van der Waals surface area contributed by atoms with E-state index in [1.54, 1.807) is 0 Å². The third-order valence-electron chi connectivity index (χ3n) is 5.37. The van der Waals surface area contributed by atoms with Gasteiger partial charge < -0.3 is 18.7 Å². The largest absolute Gasteiger partial charge is 0.394 e. The molecule has 0 radical (unpaired) electrons. The minimum Gasteiger partial charge on any atom is -0.394 e. The molecule has 0 fully saturated rings. The van der Waals surface area contributed by atoms with Gasteiger partial charge in [0.05, 0.1) is 0 Å². The molecule has 0 saturated carbocycles. The van der Waals surface area contributed by atoms with E-state index in [-0.39, 0.29) is 0 Å². The molecule has 0 amide bonds. The summed E-state index contributed by atoms with van der Waals surface area (Å²) < 4.78 is 12.7. The molecular formula is C20H46N2O2Si. The van der Waals surface area contributed by atoms with Gasteiger partial charge in [0.2, 0.25) is 0 Å². The Balaban J connectivity index is 5.25. The van der Waals surface area contributed by atoms with E-state index in [2.05, 4.69) is 65.7 Å². The first-order valence-corrected chi connectivity index (χ1v) is 12.6. The standard InChI is InChI=1S/C20H46N2O2Si/c1-9-20(15-13-17-21(5)6,16-14-18-22(7)8)19-25(12-4,23-10-2)24-11-3/h9-19H2,1-8H3. The van der Waals surface area contributed by atoms with Crippen molar-refractivity contribution in [3.8, 4) is 0 Å². The van der Waals surface area contributed by atoms with Gasteiger partial charge in [-0.3, -0.25) is 0 Å². The molecule has 0 atom stereocenters. The van der Waals surface area contributed by atoms with E-state index >= 15 is 0 Å². The van der Waals surface area contributed by atoms with E-state index in [0.29, 0.717) is 5.41 Å². The minimum absolute atomic E-state index is 0.360. The number of nitrogens with zero attached hydrogens (tertiary/aromatic N) is 2. The molecule has 0 unspecified atom stereocenters. The van der Waals surface area contributed by atoms with Crippen molar-refractivity contribution in [1.82, 2.24) is 9.80 Å². The molecule has 0 rings (SSSR count). The average molecular weight is 375 g/mol. The van der Waals surface area contributed by atoms with Gasteiger partial charge in [0.1, 0.15) is 0 Å². The summed E-state index contributed by atoms with van der Waals surface area (Å²) in [7, 11) is 6.58. The van der Waals surface area contributed by atoms with Crippen LogP contribution in [0.1, 0.15) is 59.8 Å². The van der Waals surface area contributed by atoms with Crippen LogP contribution >= 0.6 is 0 Å². The van der Waals surface area contributed by atoms with E-state index in [1.807, 2.05) is 0 Å². The van der Waals surface area contributed by atoms with Crippen molar-refractivity contribution in [3.63, 3.8) is 0 Å². The lowest BCUT2D eigenvalue weighted by atomic mass is 9.78. The lowest BCUT2D eigenvalue weighted by Crippen LogP contribution is -2.46. The maximum absolute atomic E-state index is 6.33. The quantitative estimate of drug-likeness (QED) is 0.369. The highest BCUT2D eigenvalue weighted by Crippen LogP contribution is 2.43. The summed E-state index contributed by atoms with van der Waals surface area (Å²) in [6.07, 6.45) is 6.31. The molecule has 0 aliphatic carbocycles. The highest BCUT2D eigenvalue weighted by atomic mass is 28.4. The van der Waals surface area contributed by atoms with Crippen molar-refractivity contribution in [3.05, 3.63) is 0 Å². The van der Waals surface area contributed by atoms with Gasteiger partial charge in [-0.25, -0.2) is 0 Å². The van der Waals surface area contributed by atoms with Gasteiger partial charge in [-0.2, -0.15) is 0 Å². The first kappa shape index (κ1) is 25.1. The van der Waals surface area contributed by atoms with Crippen molar-refractivity contribution in [2.45, 2.75) is 71.9 Å². The fourth-order valence-electron chi connectivity index (χ4n) is 3.89. The number of rotatable bonds is 16. The molecule has 5 heteroatoms. The topological polar surface area (TPSA) is 24.9 Å². The Morgan fingerprint density at radius 1 is 0.760 bits per heavy atom. The van der Waals surface area contributed by atoms with Gasteiger partial charge >= 0.3 is 8.56 Å². The Bertz CT molecular complexity index is 305. The second-order valence-electron chi connectivity index (χ2n) is 7.97. The van der Waals surface area contributed by atoms with Crippen LogP contribution in [0.4, 0.5) is 0 Å². The normalized spacial score (nSPS) is 13.2. The van der Waals surface area contributed by atoms with E-state index in [4.69, 9.17) is 8.85 Å². The van der Waals surface area contributed by atoms with Gasteiger partial charge in [-0.15, -0.1) is 0 Å². The molecule has 0 aliphatic heterocycles. The molecule has 25 heavy (non-hydrogen) atoms. The van der Waals surface area contributed by atoms with Crippen LogP contribution in [-0.2, 0) is 8.85 Å². The van der Waals surface area contributed by atoms with Gasteiger partial charge in [0.15, 0.2) is 0 Å². The molecule has 0 bridgehead atoms. The summed E-state index contributed by atoms with van der Waals surface area (Å²) in [6, 6.07) is 2.20. The fourth-order valence-corrected chi connectivity index (χ4v) is 7.64. The second kappa shape index (κ2) is 13.3. The zero-order chi connectivity index (χ0) is 19.3. The molecule has 0 aromatic rings. The molecular weight excluding hydrogens is 328 g/mol. The Hall–Kier alpha value is 0.0569. The van der Waals surface area contributed by atoms with E-state index in [0.717, 1.165) is 25.3 Å². The SMILES string of the molecule is CCO[Si](CC)(CC(CC)(CCCN(C)C)CCCN(C)C)OCC. The van der Waals surface area contributed by atoms with Crippen LogP contribution in [0.2, 0.25) is 12.1 Å². The predicted molar refractivity (Wildman–Crippen MR) is 113 cm³/mol. The Morgan fingerprint density at radius 3 is 1.48 bits per heavy atom. The molecule has 0 aromatic carbocycles. The monoisotopic (exact) mass is 374 g/mol. The maximum atomic E-state index is 6.33. The summed E-state index contributed by atoms with van der Waals surface area (Å²) in [4.78, 5) is 4.60. The van der Waals surface area contributed by atoms with Crippen LogP contribution in [0.25, 0.3) is 0 Å². The highest BCUT2D eigenvalue weighted by molar-refractivity contribution is 6.67. The zero-order valence-corrected chi connectivity index (χ0v) is 19.5. The highest BCUT2D eigenvalue weighted by Gasteiger charge is 2.43. The van der Waals surface area contributed by atoms with Crippen LogP contribution in [0.15, 0.2) is 0 Å². The maximum Gasteiger partial charge on any atom is 0.338 e. The molecule has 0 N–H and O–H groups in total. The van der Waals surface area contributed by atoms with Crippen LogP contribution in [0, 0.1) is 5.41 Å². The Labute approximate surface area is 159 Å². The zero-order valence-electron chi connectivity index (χ0n) is 18.5. The molecule has 152 valence electrons. The first-order valence-electron chi connectivity index (χ1n) is 10.4. The van der Waals surface area contributed by atoms with Crippen molar-refractivity contribution < 1.29 is 8.85 Å². The third-order valence-corrected chi connectivity index (χ3v) is 9.37. The molecule has 0 aromatic heterocycles. The first-order chi connectivity index (χ1) is 11.8. The Kier molecular flexibility index (Phi) is 13.3. The number of hydrogen-bond donors (Lipinski definition) is 0. The van der Waals surface area contributed by atoms with Crippen LogP contribution in [0.5, 0.6) is 0 Å². The average Bonchev–Trinajstić information content (AvgIpc) is 2.54. The number of hydrogen-bond acceptors (Lipinski definition) is 4.